The van der Waals surface area contributed by atoms with Gasteiger partial charge in [0.15, 0.2) is 0 Å². The minimum Gasteiger partial charge on any atom is -0.497 e. The molecule has 1 N–H and O–H groups in total. The van der Waals surface area contributed by atoms with Crippen LogP contribution in [0.2, 0.25) is 0 Å². The number of rotatable bonds is 7. The Morgan fingerprint density at radius 2 is 1.75 bits per heavy atom. The lowest BCUT2D eigenvalue weighted by atomic mass is 10.1. The summed E-state index contributed by atoms with van der Waals surface area (Å²) in [6, 6.07) is 16.1. The highest BCUT2D eigenvalue weighted by Crippen LogP contribution is 2.26. The molecule has 1 aromatic heterocycles. The van der Waals surface area contributed by atoms with Gasteiger partial charge in [-0.15, -0.1) is 0 Å². The van der Waals surface area contributed by atoms with Crippen LogP contribution in [-0.4, -0.2) is 25.1 Å². The molecule has 0 radical (unpaired) electrons. The van der Waals surface area contributed by atoms with Gasteiger partial charge in [-0.1, -0.05) is 6.07 Å². The Morgan fingerprint density at radius 1 is 0.929 bits per heavy atom. The summed E-state index contributed by atoms with van der Waals surface area (Å²) >= 11 is 0. The molecule has 0 fully saturated rings. The van der Waals surface area contributed by atoms with Crippen molar-refractivity contribution in [3.63, 3.8) is 0 Å². The lowest BCUT2D eigenvalue weighted by Crippen LogP contribution is -2.07. The number of hydrogen-bond donors (Lipinski definition) is 1. The second-order valence-corrected chi connectivity index (χ2v) is 5.74. The zero-order chi connectivity index (χ0) is 19.8. The highest BCUT2D eigenvalue weighted by molar-refractivity contribution is 6.02. The van der Waals surface area contributed by atoms with Gasteiger partial charge in [0, 0.05) is 41.9 Å². The van der Waals surface area contributed by atoms with E-state index >= 15 is 0 Å². The maximum Gasteiger partial charge on any atom is 0.248 e. The van der Waals surface area contributed by atoms with Gasteiger partial charge < -0.3 is 19.5 Å². The van der Waals surface area contributed by atoms with Crippen LogP contribution in [0.4, 0.5) is 5.69 Å². The number of hydrogen-bond acceptors (Lipinski definition) is 5. The zero-order valence-electron chi connectivity index (χ0n) is 15.6. The van der Waals surface area contributed by atoms with Gasteiger partial charge in [0.05, 0.1) is 14.2 Å². The first-order valence-corrected chi connectivity index (χ1v) is 8.57. The van der Waals surface area contributed by atoms with Crippen LogP contribution in [0.5, 0.6) is 23.0 Å². The molecule has 0 spiro atoms. The SMILES string of the molecule is COc1ccc(/C=C/C(=O)Nc2cccc(Oc3ccncc3)c2)c(OC)c1. The van der Waals surface area contributed by atoms with Crippen molar-refractivity contribution >= 4 is 17.7 Å². The predicted octanol–water partition coefficient (Wildman–Crippen LogP) is 4.54. The number of aromatic nitrogens is 1. The van der Waals surface area contributed by atoms with Crippen molar-refractivity contribution in [2.45, 2.75) is 0 Å². The molecule has 6 heteroatoms. The first-order chi connectivity index (χ1) is 13.7. The predicted molar refractivity (Wildman–Crippen MR) is 108 cm³/mol. The lowest BCUT2D eigenvalue weighted by Gasteiger charge is -2.08. The molecule has 1 heterocycles. The summed E-state index contributed by atoms with van der Waals surface area (Å²) in [5.41, 5.74) is 1.40. The summed E-state index contributed by atoms with van der Waals surface area (Å²) < 4.78 is 16.2. The molecule has 3 aromatic rings. The molecule has 0 bridgehead atoms. The largest absolute Gasteiger partial charge is 0.497 e. The van der Waals surface area contributed by atoms with Crippen LogP contribution in [0, 0.1) is 0 Å². The molecule has 2 aromatic carbocycles. The third kappa shape index (κ3) is 5.11. The zero-order valence-corrected chi connectivity index (χ0v) is 15.6. The van der Waals surface area contributed by atoms with Crippen LogP contribution in [0.25, 0.3) is 6.08 Å². The fraction of sp³-hybridized carbons (Fsp3) is 0.0909. The molecule has 0 aliphatic rings. The average molecular weight is 376 g/mol. The van der Waals surface area contributed by atoms with Gasteiger partial charge in [0.25, 0.3) is 0 Å². The van der Waals surface area contributed by atoms with Gasteiger partial charge in [-0.2, -0.15) is 0 Å². The van der Waals surface area contributed by atoms with E-state index in [2.05, 4.69) is 10.3 Å². The minimum absolute atomic E-state index is 0.265. The van der Waals surface area contributed by atoms with E-state index in [1.807, 2.05) is 18.2 Å². The van der Waals surface area contributed by atoms with Gasteiger partial charge in [0.2, 0.25) is 5.91 Å². The number of anilines is 1. The van der Waals surface area contributed by atoms with E-state index in [0.29, 0.717) is 28.7 Å². The van der Waals surface area contributed by atoms with Crippen molar-refractivity contribution in [1.82, 2.24) is 4.98 Å². The Kier molecular flexibility index (Phi) is 6.25. The molecular formula is C22H20N2O4. The van der Waals surface area contributed by atoms with Gasteiger partial charge in [0.1, 0.15) is 23.0 Å². The van der Waals surface area contributed by atoms with Crippen molar-refractivity contribution in [2.75, 3.05) is 19.5 Å². The Bertz CT molecular complexity index is 971. The van der Waals surface area contributed by atoms with E-state index in [9.17, 15) is 4.79 Å². The van der Waals surface area contributed by atoms with Crippen molar-refractivity contribution in [3.05, 3.63) is 78.6 Å². The van der Waals surface area contributed by atoms with E-state index < -0.39 is 0 Å². The average Bonchev–Trinajstić information content (AvgIpc) is 2.73. The van der Waals surface area contributed by atoms with Crippen LogP contribution in [0.1, 0.15) is 5.56 Å². The number of nitrogens with one attached hydrogen (secondary N) is 1. The number of carbonyl (C=O) groups excluding carboxylic acids is 1. The van der Waals surface area contributed by atoms with Crippen molar-refractivity contribution < 1.29 is 19.0 Å². The topological polar surface area (TPSA) is 69.7 Å². The molecule has 0 saturated heterocycles. The van der Waals surface area contributed by atoms with Gasteiger partial charge in [-0.05, 0) is 42.5 Å². The summed E-state index contributed by atoms with van der Waals surface area (Å²) in [5, 5.41) is 2.81. The molecule has 142 valence electrons. The maximum absolute atomic E-state index is 12.3. The van der Waals surface area contributed by atoms with Crippen LogP contribution in [0.15, 0.2) is 73.1 Å². The molecule has 3 rings (SSSR count). The number of ether oxygens (including phenoxy) is 3. The van der Waals surface area contributed by atoms with Gasteiger partial charge in [-0.25, -0.2) is 0 Å². The fourth-order valence-electron chi connectivity index (χ4n) is 2.49. The van der Waals surface area contributed by atoms with Crippen molar-refractivity contribution in [1.29, 1.82) is 0 Å². The minimum atomic E-state index is -0.265. The van der Waals surface area contributed by atoms with Crippen LogP contribution in [-0.2, 0) is 4.79 Å². The van der Waals surface area contributed by atoms with E-state index in [1.54, 1.807) is 69.1 Å². The highest BCUT2D eigenvalue weighted by atomic mass is 16.5. The van der Waals surface area contributed by atoms with Crippen molar-refractivity contribution in [3.8, 4) is 23.0 Å². The van der Waals surface area contributed by atoms with Gasteiger partial charge in [-0.3, -0.25) is 9.78 Å². The maximum atomic E-state index is 12.3. The van der Waals surface area contributed by atoms with Crippen LogP contribution in [0.3, 0.4) is 0 Å². The molecular weight excluding hydrogens is 356 g/mol. The molecule has 0 atom stereocenters. The number of benzene rings is 2. The fourth-order valence-corrected chi connectivity index (χ4v) is 2.49. The normalized spacial score (nSPS) is 10.5. The Balaban J connectivity index is 1.66. The third-order valence-electron chi connectivity index (χ3n) is 3.84. The highest BCUT2D eigenvalue weighted by Gasteiger charge is 2.04. The number of methoxy groups -OCH3 is 2. The first kappa shape index (κ1) is 19.0. The Morgan fingerprint density at radius 3 is 2.50 bits per heavy atom. The van der Waals surface area contributed by atoms with E-state index in [0.717, 1.165) is 5.56 Å². The second kappa shape index (κ2) is 9.23. The van der Waals surface area contributed by atoms with Crippen LogP contribution >= 0.6 is 0 Å². The van der Waals surface area contributed by atoms with Crippen molar-refractivity contribution in [2.24, 2.45) is 0 Å². The third-order valence-corrected chi connectivity index (χ3v) is 3.84. The molecule has 0 aliphatic carbocycles. The number of amides is 1. The lowest BCUT2D eigenvalue weighted by molar-refractivity contribution is -0.111. The Hall–Kier alpha value is -3.80. The molecule has 1 amide bonds. The summed E-state index contributed by atoms with van der Waals surface area (Å²) in [6.07, 6.45) is 6.43. The monoisotopic (exact) mass is 376 g/mol. The van der Waals surface area contributed by atoms with E-state index in [4.69, 9.17) is 14.2 Å². The van der Waals surface area contributed by atoms with Crippen LogP contribution < -0.4 is 19.5 Å². The van der Waals surface area contributed by atoms with E-state index in [-0.39, 0.29) is 5.91 Å². The summed E-state index contributed by atoms with van der Waals surface area (Å²) in [5.74, 6) is 2.33. The molecule has 0 unspecified atom stereocenters. The number of carbonyl (C=O) groups is 1. The summed E-state index contributed by atoms with van der Waals surface area (Å²) in [7, 11) is 3.16. The molecule has 6 nitrogen and oxygen atoms in total. The summed E-state index contributed by atoms with van der Waals surface area (Å²) in [6.45, 7) is 0. The number of pyridine rings is 1. The second-order valence-electron chi connectivity index (χ2n) is 5.74. The van der Waals surface area contributed by atoms with E-state index in [1.165, 1.54) is 6.08 Å². The quantitative estimate of drug-likeness (QED) is 0.613. The number of nitrogens with zero attached hydrogens (tertiary/aromatic N) is 1. The molecule has 0 saturated carbocycles. The summed E-state index contributed by atoms with van der Waals surface area (Å²) in [4.78, 5) is 16.2. The molecule has 0 aliphatic heterocycles. The first-order valence-electron chi connectivity index (χ1n) is 8.57. The Labute approximate surface area is 163 Å². The van der Waals surface area contributed by atoms with Gasteiger partial charge >= 0.3 is 0 Å². The standard InChI is InChI=1S/C22H20N2O4/c1-26-19-8-6-16(21(15-19)27-2)7-9-22(25)24-17-4-3-5-20(14-17)28-18-10-12-23-13-11-18/h3-15H,1-2H3,(H,24,25)/b9-7+. The smallest absolute Gasteiger partial charge is 0.248 e. The molecule has 28 heavy (non-hydrogen) atoms.